The SMILES string of the molecule is O=C(C=Cc1ccc(Br)cc1)N1CCc2ccccc2C1. The standard InChI is InChI=1S/C18H16BrNO/c19-17-8-5-14(6-9-17)7-10-18(21)20-12-11-15-3-1-2-4-16(15)13-20/h1-10H,11-13H2. The van der Waals surface area contributed by atoms with Gasteiger partial charge in [0.05, 0.1) is 0 Å². The summed E-state index contributed by atoms with van der Waals surface area (Å²) >= 11 is 3.40. The van der Waals surface area contributed by atoms with Crippen molar-refractivity contribution in [2.45, 2.75) is 13.0 Å². The molecule has 0 aliphatic carbocycles. The van der Waals surface area contributed by atoms with E-state index < -0.39 is 0 Å². The van der Waals surface area contributed by atoms with Crippen LogP contribution in [0.15, 0.2) is 59.1 Å². The van der Waals surface area contributed by atoms with Gasteiger partial charge in [0.25, 0.3) is 0 Å². The number of benzene rings is 2. The van der Waals surface area contributed by atoms with Crippen molar-refractivity contribution in [3.63, 3.8) is 0 Å². The van der Waals surface area contributed by atoms with Crippen molar-refractivity contribution in [2.75, 3.05) is 6.54 Å². The highest BCUT2D eigenvalue weighted by atomic mass is 79.9. The molecule has 0 saturated carbocycles. The van der Waals surface area contributed by atoms with E-state index in [0.717, 1.165) is 23.0 Å². The molecule has 1 aliphatic rings. The summed E-state index contributed by atoms with van der Waals surface area (Å²) in [6, 6.07) is 16.3. The highest BCUT2D eigenvalue weighted by Crippen LogP contribution is 2.19. The first-order valence-electron chi connectivity index (χ1n) is 7.02. The maximum atomic E-state index is 12.3. The second kappa shape index (κ2) is 6.27. The third kappa shape index (κ3) is 3.42. The molecule has 2 aromatic carbocycles. The van der Waals surface area contributed by atoms with Crippen LogP contribution in [0.3, 0.4) is 0 Å². The third-order valence-corrected chi connectivity index (χ3v) is 4.26. The molecule has 2 aromatic rings. The number of fused-ring (bicyclic) bond motifs is 1. The van der Waals surface area contributed by atoms with Crippen molar-refractivity contribution in [1.82, 2.24) is 4.90 Å². The predicted molar refractivity (Wildman–Crippen MR) is 88.7 cm³/mol. The van der Waals surface area contributed by atoms with Crippen LogP contribution in [-0.4, -0.2) is 17.4 Å². The lowest BCUT2D eigenvalue weighted by molar-refractivity contribution is -0.126. The molecule has 1 amide bonds. The fraction of sp³-hybridized carbons (Fsp3) is 0.167. The second-order valence-electron chi connectivity index (χ2n) is 5.16. The molecule has 0 atom stereocenters. The number of halogens is 1. The van der Waals surface area contributed by atoms with Crippen molar-refractivity contribution >= 4 is 27.9 Å². The monoisotopic (exact) mass is 341 g/mol. The predicted octanol–water partition coefficient (Wildman–Crippen LogP) is 4.05. The average Bonchev–Trinajstić information content (AvgIpc) is 2.53. The normalized spacial score (nSPS) is 14.2. The van der Waals surface area contributed by atoms with Gasteiger partial charge in [-0.15, -0.1) is 0 Å². The third-order valence-electron chi connectivity index (χ3n) is 3.73. The van der Waals surface area contributed by atoms with E-state index in [2.05, 4.69) is 34.1 Å². The van der Waals surface area contributed by atoms with Crippen molar-refractivity contribution in [3.05, 3.63) is 75.8 Å². The van der Waals surface area contributed by atoms with Gasteiger partial charge in [-0.05, 0) is 41.3 Å². The van der Waals surface area contributed by atoms with Crippen molar-refractivity contribution in [3.8, 4) is 0 Å². The summed E-state index contributed by atoms with van der Waals surface area (Å²) in [6.07, 6.45) is 4.47. The van der Waals surface area contributed by atoms with Crippen molar-refractivity contribution in [2.24, 2.45) is 0 Å². The summed E-state index contributed by atoms with van der Waals surface area (Å²) in [5.74, 6) is 0.0763. The molecule has 0 N–H and O–H groups in total. The van der Waals surface area contributed by atoms with Crippen LogP contribution < -0.4 is 0 Å². The number of amides is 1. The average molecular weight is 342 g/mol. The van der Waals surface area contributed by atoms with Gasteiger partial charge in [0.15, 0.2) is 0 Å². The second-order valence-corrected chi connectivity index (χ2v) is 6.08. The zero-order chi connectivity index (χ0) is 14.7. The summed E-state index contributed by atoms with van der Waals surface area (Å²) in [5, 5.41) is 0. The lowest BCUT2D eigenvalue weighted by Crippen LogP contribution is -2.34. The van der Waals surface area contributed by atoms with Crippen LogP contribution in [-0.2, 0) is 17.8 Å². The van der Waals surface area contributed by atoms with Crippen molar-refractivity contribution < 1.29 is 4.79 Å². The molecule has 1 aliphatic heterocycles. The molecular formula is C18H16BrNO. The molecule has 106 valence electrons. The van der Waals surface area contributed by atoms with Gasteiger partial charge < -0.3 is 4.90 Å². The van der Waals surface area contributed by atoms with Gasteiger partial charge in [-0.3, -0.25) is 4.79 Å². The minimum Gasteiger partial charge on any atom is -0.334 e. The molecule has 0 saturated heterocycles. The van der Waals surface area contributed by atoms with Gasteiger partial charge in [-0.2, -0.15) is 0 Å². The smallest absolute Gasteiger partial charge is 0.246 e. The van der Waals surface area contributed by atoms with Crippen molar-refractivity contribution in [1.29, 1.82) is 0 Å². The molecule has 3 rings (SSSR count). The fourth-order valence-electron chi connectivity index (χ4n) is 2.53. The topological polar surface area (TPSA) is 20.3 Å². The highest BCUT2D eigenvalue weighted by Gasteiger charge is 2.18. The molecular weight excluding hydrogens is 326 g/mol. The summed E-state index contributed by atoms with van der Waals surface area (Å²) < 4.78 is 1.04. The van der Waals surface area contributed by atoms with Crippen LogP contribution in [0.4, 0.5) is 0 Å². The quantitative estimate of drug-likeness (QED) is 0.754. The van der Waals surface area contributed by atoms with Gasteiger partial charge in [-0.1, -0.05) is 52.3 Å². The first kappa shape index (κ1) is 14.1. The Morgan fingerprint density at radius 2 is 1.76 bits per heavy atom. The first-order chi connectivity index (χ1) is 10.2. The van der Waals surface area contributed by atoms with Crippen LogP contribution >= 0.6 is 15.9 Å². The Morgan fingerprint density at radius 3 is 2.52 bits per heavy atom. The lowest BCUT2D eigenvalue weighted by atomic mass is 10.00. The Morgan fingerprint density at radius 1 is 1.05 bits per heavy atom. The number of carbonyl (C=O) groups is 1. The van der Waals surface area contributed by atoms with Gasteiger partial charge in [0.2, 0.25) is 5.91 Å². The Bertz CT molecular complexity index is 676. The minimum atomic E-state index is 0.0763. The first-order valence-corrected chi connectivity index (χ1v) is 7.81. The van der Waals surface area contributed by atoms with E-state index in [-0.39, 0.29) is 5.91 Å². The van der Waals surface area contributed by atoms with Gasteiger partial charge >= 0.3 is 0 Å². The molecule has 21 heavy (non-hydrogen) atoms. The Labute approximate surface area is 133 Å². The van der Waals surface area contributed by atoms with Gasteiger partial charge in [0.1, 0.15) is 0 Å². The number of hydrogen-bond donors (Lipinski definition) is 0. The molecule has 0 fully saturated rings. The van der Waals surface area contributed by atoms with E-state index in [1.165, 1.54) is 11.1 Å². The maximum absolute atomic E-state index is 12.3. The molecule has 0 radical (unpaired) electrons. The Kier molecular flexibility index (Phi) is 4.20. The van der Waals surface area contributed by atoms with Crippen LogP contribution in [0.5, 0.6) is 0 Å². The Balaban J connectivity index is 1.68. The fourth-order valence-corrected chi connectivity index (χ4v) is 2.79. The minimum absolute atomic E-state index is 0.0763. The van der Waals surface area contributed by atoms with E-state index in [4.69, 9.17) is 0 Å². The van der Waals surface area contributed by atoms with Gasteiger partial charge in [-0.25, -0.2) is 0 Å². The van der Waals surface area contributed by atoms with Crippen LogP contribution in [0.25, 0.3) is 6.08 Å². The number of rotatable bonds is 2. The highest BCUT2D eigenvalue weighted by molar-refractivity contribution is 9.10. The van der Waals surface area contributed by atoms with Crippen LogP contribution in [0, 0.1) is 0 Å². The number of nitrogens with zero attached hydrogens (tertiary/aromatic N) is 1. The van der Waals surface area contributed by atoms with E-state index in [1.54, 1.807) is 6.08 Å². The summed E-state index contributed by atoms with van der Waals surface area (Å²) in [4.78, 5) is 14.2. The lowest BCUT2D eigenvalue weighted by Gasteiger charge is -2.27. The number of hydrogen-bond acceptors (Lipinski definition) is 1. The molecule has 1 heterocycles. The zero-order valence-electron chi connectivity index (χ0n) is 11.6. The van der Waals surface area contributed by atoms with Crippen LogP contribution in [0.2, 0.25) is 0 Å². The van der Waals surface area contributed by atoms with Crippen LogP contribution in [0.1, 0.15) is 16.7 Å². The summed E-state index contributed by atoms with van der Waals surface area (Å²) in [7, 11) is 0. The molecule has 3 heteroatoms. The Hall–Kier alpha value is -1.87. The molecule has 0 bridgehead atoms. The molecule has 2 nitrogen and oxygen atoms in total. The number of carbonyl (C=O) groups excluding carboxylic acids is 1. The molecule has 0 unspecified atom stereocenters. The zero-order valence-corrected chi connectivity index (χ0v) is 13.2. The largest absolute Gasteiger partial charge is 0.334 e. The van der Waals surface area contributed by atoms with E-state index in [9.17, 15) is 4.79 Å². The molecule has 0 aromatic heterocycles. The molecule has 0 spiro atoms. The van der Waals surface area contributed by atoms with E-state index in [1.807, 2.05) is 41.3 Å². The van der Waals surface area contributed by atoms with E-state index in [0.29, 0.717) is 6.54 Å². The summed E-state index contributed by atoms with van der Waals surface area (Å²) in [6.45, 7) is 1.50. The summed E-state index contributed by atoms with van der Waals surface area (Å²) in [5.41, 5.74) is 3.65. The van der Waals surface area contributed by atoms with Gasteiger partial charge in [0, 0.05) is 23.6 Å². The maximum Gasteiger partial charge on any atom is 0.246 e. The van der Waals surface area contributed by atoms with E-state index >= 15 is 0 Å².